The number of hydrogen-bond acceptors (Lipinski definition) is 2. The van der Waals surface area contributed by atoms with Crippen molar-refractivity contribution in [2.24, 2.45) is 11.8 Å². The van der Waals surface area contributed by atoms with Crippen LogP contribution in [0, 0.1) is 18.8 Å². The number of carbonyl (C=O) groups is 1. The van der Waals surface area contributed by atoms with Crippen molar-refractivity contribution in [2.45, 2.75) is 6.92 Å². The predicted molar refractivity (Wildman–Crippen MR) is 79.2 cm³/mol. The number of likely N-dealkylation sites (tertiary alicyclic amines) is 1. The lowest BCUT2D eigenvalue weighted by Gasteiger charge is -2.18. The Hall–Kier alpha value is -0.770. The molecule has 3 nitrogen and oxygen atoms in total. The second-order valence-corrected chi connectivity index (χ2v) is 5.78. The normalized spacial score (nSPS) is 25.1. The van der Waals surface area contributed by atoms with E-state index in [1.54, 1.807) is 0 Å². The molecule has 0 radical (unpaired) electrons. The second-order valence-electron chi connectivity index (χ2n) is 5.37. The third-order valence-electron chi connectivity index (χ3n) is 4.03. The molecule has 2 heterocycles. The summed E-state index contributed by atoms with van der Waals surface area (Å²) in [7, 11) is 0. The first kappa shape index (κ1) is 14.6. The van der Waals surface area contributed by atoms with Crippen molar-refractivity contribution in [2.75, 3.05) is 26.2 Å². The molecule has 0 bridgehead atoms. The molecule has 2 fully saturated rings. The van der Waals surface area contributed by atoms with Crippen LogP contribution in [0.5, 0.6) is 0 Å². The minimum atomic E-state index is 0. The van der Waals surface area contributed by atoms with Crippen molar-refractivity contribution < 1.29 is 4.79 Å². The summed E-state index contributed by atoms with van der Waals surface area (Å²) < 4.78 is 0. The van der Waals surface area contributed by atoms with Gasteiger partial charge in [-0.3, -0.25) is 4.79 Å². The summed E-state index contributed by atoms with van der Waals surface area (Å²) in [5.74, 6) is 1.32. The number of halogens is 2. The lowest BCUT2D eigenvalue weighted by Crippen LogP contribution is -2.32. The molecule has 0 saturated carbocycles. The second kappa shape index (κ2) is 5.70. The number of aryl methyl sites for hydroxylation is 1. The Balaban J connectivity index is 0.00000133. The van der Waals surface area contributed by atoms with Crippen molar-refractivity contribution in [3.63, 3.8) is 0 Å². The minimum Gasteiger partial charge on any atom is -0.338 e. The van der Waals surface area contributed by atoms with Crippen LogP contribution in [0.15, 0.2) is 18.2 Å². The van der Waals surface area contributed by atoms with Gasteiger partial charge in [0.25, 0.3) is 5.91 Å². The number of benzene rings is 1. The van der Waals surface area contributed by atoms with E-state index >= 15 is 0 Å². The molecule has 0 spiro atoms. The van der Waals surface area contributed by atoms with Gasteiger partial charge in [-0.1, -0.05) is 17.7 Å². The van der Waals surface area contributed by atoms with Gasteiger partial charge in [0.2, 0.25) is 0 Å². The molecular formula is C14H18Cl2N2O. The fourth-order valence-electron chi connectivity index (χ4n) is 2.99. The van der Waals surface area contributed by atoms with Gasteiger partial charge in [0.05, 0.1) is 10.6 Å². The molecule has 0 unspecified atom stereocenters. The maximum absolute atomic E-state index is 12.4. The van der Waals surface area contributed by atoms with E-state index in [0.29, 0.717) is 22.4 Å². The van der Waals surface area contributed by atoms with Crippen molar-refractivity contribution in [3.8, 4) is 0 Å². The van der Waals surface area contributed by atoms with E-state index in [1.165, 1.54) is 0 Å². The molecule has 104 valence electrons. The maximum Gasteiger partial charge on any atom is 0.255 e. The minimum absolute atomic E-state index is 0. The van der Waals surface area contributed by atoms with Crippen molar-refractivity contribution >= 4 is 29.9 Å². The van der Waals surface area contributed by atoms with E-state index < -0.39 is 0 Å². The average Bonchev–Trinajstić information content (AvgIpc) is 2.87. The lowest BCUT2D eigenvalue weighted by atomic mass is 10.0. The molecule has 2 aliphatic rings. The molecule has 1 aromatic rings. The highest BCUT2D eigenvalue weighted by atomic mass is 35.5. The molecule has 1 N–H and O–H groups in total. The third-order valence-corrected chi connectivity index (χ3v) is 4.34. The van der Waals surface area contributed by atoms with Crippen LogP contribution in [0.1, 0.15) is 15.9 Å². The first-order valence-corrected chi connectivity index (χ1v) is 6.79. The number of nitrogens with zero attached hydrogens (tertiary/aromatic N) is 1. The van der Waals surface area contributed by atoms with E-state index in [4.69, 9.17) is 11.6 Å². The van der Waals surface area contributed by atoms with Gasteiger partial charge in [0.15, 0.2) is 0 Å². The topological polar surface area (TPSA) is 32.3 Å². The summed E-state index contributed by atoms with van der Waals surface area (Å²) in [5.41, 5.74) is 1.72. The Morgan fingerprint density at radius 3 is 2.53 bits per heavy atom. The fraction of sp³-hybridized carbons (Fsp3) is 0.500. The Kier molecular flexibility index (Phi) is 4.39. The number of nitrogens with one attached hydrogen (secondary N) is 1. The third kappa shape index (κ3) is 2.73. The molecule has 0 aromatic heterocycles. The number of rotatable bonds is 1. The molecule has 2 aliphatic heterocycles. The van der Waals surface area contributed by atoms with Crippen molar-refractivity contribution in [1.82, 2.24) is 10.2 Å². The molecule has 1 aromatic carbocycles. The Labute approximate surface area is 124 Å². The summed E-state index contributed by atoms with van der Waals surface area (Å²) in [5, 5.41) is 3.94. The quantitative estimate of drug-likeness (QED) is 0.863. The van der Waals surface area contributed by atoms with E-state index in [2.05, 4.69) is 5.32 Å². The zero-order valence-electron chi connectivity index (χ0n) is 10.9. The van der Waals surface area contributed by atoms with E-state index in [1.807, 2.05) is 30.0 Å². The average molecular weight is 301 g/mol. The van der Waals surface area contributed by atoms with Crippen molar-refractivity contribution in [1.29, 1.82) is 0 Å². The van der Waals surface area contributed by atoms with Gasteiger partial charge < -0.3 is 10.2 Å². The van der Waals surface area contributed by atoms with E-state index in [-0.39, 0.29) is 18.3 Å². The predicted octanol–water partition coefficient (Wildman–Crippen LogP) is 2.36. The molecule has 2 saturated heterocycles. The van der Waals surface area contributed by atoms with Crippen LogP contribution in [0.25, 0.3) is 0 Å². The highest BCUT2D eigenvalue weighted by Gasteiger charge is 2.38. The van der Waals surface area contributed by atoms with Gasteiger partial charge in [-0.05, 0) is 36.5 Å². The van der Waals surface area contributed by atoms with Crippen LogP contribution in [-0.2, 0) is 0 Å². The number of fused-ring (bicyclic) bond motifs is 1. The first-order valence-electron chi connectivity index (χ1n) is 6.41. The van der Waals surface area contributed by atoms with E-state index in [0.717, 1.165) is 31.7 Å². The first-order chi connectivity index (χ1) is 8.65. The summed E-state index contributed by atoms with van der Waals surface area (Å²) in [4.78, 5) is 14.4. The summed E-state index contributed by atoms with van der Waals surface area (Å²) >= 11 is 6.16. The van der Waals surface area contributed by atoms with Gasteiger partial charge in [0.1, 0.15) is 0 Å². The summed E-state index contributed by atoms with van der Waals surface area (Å²) in [6.45, 7) is 5.78. The van der Waals surface area contributed by atoms with Gasteiger partial charge in [-0.2, -0.15) is 0 Å². The van der Waals surface area contributed by atoms with Crippen LogP contribution >= 0.6 is 24.0 Å². The van der Waals surface area contributed by atoms with E-state index in [9.17, 15) is 4.79 Å². The zero-order valence-corrected chi connectivity index (χ0v) is 12.4. The SMILES string of the molecule is Cc1ccc(C(=O)N2C[C@H]3CNC[C@H]3C2)c(Cl)c1.Cl. The summed E-state index contributed by atoms with van der Waals surface area (Å²) in [6, 6.07) is 5.64. The number of carbonyl (C=O) groups excluding carboxylic acids is 1. The van der Waals surface area contributed by atoms with Gasteiger partial charge in [0, 0.05) is 26.2 Å². The molecule has 19 heavy (non-hydrogen) atoms. The van der Waals surface area contributed by atoms with Crippen molar-refractivity contribution in [3.05, 3.63) is 34.3 Å². The highest BCUT2D eigenvalue weighted by Crippen LogP contribution is 2.29. The van der Waals surface area contributed by atoms with Crippen LogP contribution in [0.2, 0.25) is 5.02 Å². The van der Waals surface area contributed by atoms with Crippen LogP contribution in [0.3, 0.4) is 0 Å². The Bertz CT molecular complexity index is 480. The smallest absolute Gasteiger partial charge is 0.255 e. The number of amides is 1. The monoisotopic (exact) mass is 300 g/mol. The number of hydrogen-bond donors (Lipinski definition) is 1. The van der Waals surface area contributed by atoms with Gasteiger partial charge in [-0.15, -0.1) is 12.4 Å². The summed E-state index contributed by atoms with van der Waals surface area (Å²) in [6.07, 6.45) is 0. The molecular weight excluding hydrogens is 283 g/mol. The fourth-order valence-corrected chi connectivity index (χ4v) is 3.30. The molecule has 1 amide bonds. The lowest BCUT2D eigenvalue weighted by molar-refractivity contribution is 0.0782. The molecule has 5 heteroatoms. The molecule has 0 aliphatic carbocycles. The van der Waals surface area contributed by atoms with Crippen LogP contribution in [0.4, 0.5) is 0 Å². The molecule has 2 atom stereocenters. The van der Waals surface area contributed by atoms with Gasteiger partial charge >= 0.3 is 0 Å². The maximum atomic E-state index is 12.4. The Morgan fingerprint density at radius 2 is 1.95 bits per heavy atom. The Morgan fingerprint density at radius 1 is 1.32 bits per heavy atom. The largest absolute Gasteiger partial charge is 0.338 e. The van der Waals surface area contributed by atoms with Gasteiger partial charge in [-0.25, -0.2) is 0 Å². The zero-order chi connectivity index (χ0) is 12.7. The highest BCUT2D eigenvalue weighted by molar-refractivity contribution is 6.33. The molecule has 3 rings (SSSR count). The standard InChI is InChI=1S/C14H17ClN2O.ClH/c1-9-2-3-12(13(15)4-9)14(18)17-7-10-5-16-6-11(10)8-17;/h2-4,10-11,16H,5-8H2,1H3;1H/t10-,11+;. The van der Waals surface area contributed by atoms with Crippen LogP contribution < -0.4 is 5.32 Å². The van der Waals surface area contributed by atoms with Crippen LogP contribution in [-0.4, -0.2) is 37.0 Å².